The van der Waals surface area contributed by atoms with E-state index in [1.54, 1.807) is 32.2 Å². The zero-order valence-electron chi connectivity index (χ0n) is 13.0. The highest BCUT2D eigenvalue weighted by Gasteiger charge is 2.27. The van der Waals surface area contributed by atoms with Crippen molar-refractivity contribution in [1.29, 1.82) is 0 Å². The number of fused-ring (bicyclic) bond motifs is 1. The van der Waals surface area contributed by atoms with Gasteiger partial charge in [0.15, 0.2) is 0 Å². The number of ether oxygens (including phenoxy) is 2. The molecule has 0 saturated carbocycles. The summed E-state index contributed by atoms with van der Waals surface area (Å²) in [6.07, 6.45) is 0. The SMILES string of the molecule is COC[C@@](C)(CNS(=O)(=O)c1cccc2ccccc12)OC. The lowest BCUT2D eigenvalue weighted by molar-refractivity contribution is -0.0460. The average Bonchev–Trinajstić information content (AvgIpc) is 2.53. The van der Waals surface area contributed by atoms with E-state index in [2.05, 4.69) is 4.72 Å². The number of rotatable bonds is 7. The van der Waals surface area contributed by atoms with Crippen molar-refractivity contribution in [3.05, 3.63) is 42.5 Å². The second kappa shape index (κ2) is 6.75. The topological polar surface area (TPSA) is 64.6 Å². The monoisotopic (exact) mass is 323 g/mol. The molecule has 0 fully saturated rings. The summed E-state index contributed by atoms with van der Waals surface area (Å²) in [5.41, 5.74) is -0.716. The Balaban J connectivity index is 2.30. The van der Waals surface area contributed by atoms with E-state index in [1.165, 1.54) is 7.11 Å². The summed E-state index contributed by atoms with van der Waals surface area (Å²) in [5.74, 6) is 0. The van der Waals surface area contributed by atoms with Crippen molar-refractivity contribution < 1.29 is 17.9 Å². The van der Waals surface area contributed by atoms with E-state index in [1.807, 2.05) is 24.3 Å². The molecule has 0 amide bonds. The lowest BCUT2D eigenvalue weighted by atomic mass is 10.1. The van der Waals surface area contributed by atoms with Crippen LogP contribution in [0.4, 0.5) is 0 Å². The van der Waals surface area contributed by atoms with E-state index in [0.717, 1.165) is 5.39 Å². The molecule has 6 heteroatoms. The molecule has 0 unspecified atom stereocenters. The van der Waals surface area contributed by atoms with Crippen LogP contribution in [0.2, 0.25) is 0 Å². The first kappa shape index (κ1) is 16.9. The van der Waals surface area contributed by atoms with Crippen LogP contribution in [-0.4, -0.2) is 41.4 Å². The molecule has 0 aromatic heterocycles. The van der Waals surface area contributed by atoms with Crippen LogP contribution in [0.3, 0.4) is 0 Å². The highest BCUT2D eigenvalue weighted by Crippen LogP contribution is 2.23. The van der Waals surface area contributed by atoms with Crippen LogP contribution < -0.4 is 4.72 Å². The number of hydrogen-bond donors (Lipinski definition) is 1. The summed E-state index contributed by atoms with van der Waals surface area (Å²) in [4.78, 5) is 0.265. The Labute approximate surface area is 131 Å². The lowest BCUT2D eigenvalue weighted by Crippen LogP contribution is -2.45. The highest BCUT2D eigenvalue weighted by molar-refractivity contribution is 7.89. The molecule has 0 aliphatic carbocycles. The summed E-state index contributed by atoms with van der Waals surface area (Å²) in [6.45, 7) is 2.21. The van der Waals surface area contributed by atoms with Crippen molar-refractivity contribution in [3.8, 4) is 0 Å². The number of nitrogens with one attached hydrogen (secondary N) is 1. The van der Waals surface area contributed by atoms with Gasteiger partial charge in [0, 0.05) is 26.2 Å². The Bertz CT molecular complexity index is 739. The summed E-state index contributed by atoms with van der Waals surface area (Å²) < 4.78 is 38.2. The zero-order valence-corrected chi connectivity index (χ0v) is 13.8. The van der Waals surface area contributed by atoms with Gasteiger partial charge in [-0.3, -0.25) is 0 Å². The van der Waals surface area contributed by atoms with Gasteiger partial charge in [-0.05, 0) is 18.4 Å². The van der Waals surface area contributed by atoms with Crippen LogP contribution in [0.25, 0.3) is 10.8 Å². The predicted molar refractivity (Wildman–Crippen MR) is 86.4 cm³/mol. The quantitative estimate of drug-likeness (QED) is 0.848. The maximum Gasteiger partial charge on any atom is 0.241 e. The first-order valence-corrected chi connectivity index (χ1v) is 8.42. The van der Waals surface area contributed by atoms with E-state index >= 15 is 0 Å². The van der Waals surface area contributed by atoms with Gasteiger partial charge in [-0.25, -0.2) is 13.1 Å². The van der Waals surface area contributed by atoms with Crippen LogP contribution in [0, 0.1) is 0 Å². The number of benzene rings is 2. The highest BCUT2D eigenvalue weighted by atomic mass is 32.2. The maximum absolute atomic E-state index is 12.6. The van der Waals surface area contributed by atoms with Gasteiger partial charge in [-0.1, -0.05) is 36.4 Å². The van der Waals surface area contributed by atoms with Crippen LogP contribution >= 0.6 is 0 Å². The molecular weight excluding hydrogens is 302 g/mol. The normalized spacial score (nSPS) is 14.9. The molecule has 2 aromatic rings. The van der Waals surface area contributed by atoms with Crippen LogP contribution in [-0.2, 0) is 19.5 Å². The van der Waals surface area contributed by atoms with E-state index in [9.17, 15) is 8.42 Å². The van der Waals surface area contributed by atoms with Crippen molar-refractivity contribution >= 4 is 20.8 Å². The number of methoxy groups -OCH3 is 2. The first-order valence-electron chi connectivity index (χ1n) is 6.93. The summed E-state index contributed by atoms with van der Waals surface area (Å²) in [7, 11) is -0.549. The largest absolute Gasteiger partial charge is 0.382 e. The van der Waals surface area contributed by atoms with E-state index in [0.29, 0.717) is 12.0 Å². The standard InChI is InChI=1S/C16H21NO4S/c1-16(21-3,12-20-2)11-17-22(18,19)15-10-6-8-13-7-4-5-9-14(13)15/h4-10,17H,11-12H2,1-3H3/t16-/m1/s1. The van der Waals surface area contributed by atoms with Gasteiger partial charge in [0.2, 0.25) is 10.0 Å². The smallest absolute Gasteiger partial charge is 0.241 e. The number of hydrogen-bond acceptors (Lipinski definition) is 4. The molecule has 5 nitrogen and oxygen atoms in total. The molecule has 0 aliphatic rings. The molecule has 1 N–H and O–H groups in total. The minimum atomic E-state index is -3.63. The Hall–Kier alpha value is -1.47. The van der Waals surface area contributed by atoms with Crippen molar-refractivity contribution in [1.82, 2.24) is 4.72 Å². The zero-order chi connectivity index (χ0) is 16.2. The molecule has 0 aliphatic heterocycles. The van der Waals surface area contributed by atoms with Crippen LogP contribution in [0.5, 0.6) is 0 Å². The second-order valence-corrected chi connectivity index (χ2v) is 7.12. The van der Waals surface area contributed by atoms with Crippen molar-refractivity contribution in [2.75, 3.05) is 27.4 Å². The molecule has 0 spiro atoms. The molecule has 0 bridgehead atoms. The lowest BCUT2D eigenvalue weighted by Gasteiger charge is -2.27. The Morgan fingerprint density at radius 3 is 2.45 bits per heavy atom. The van der Waals surface area contributed by atoms with Gasteiger partial charge >= 0.3 is 0 Å². The first-order chi connectivity index (χ1) is 10.4. The third kappa shape index (κ3) is 3.64. The molecule has 2 rings (SSSR count). The summed E-state index contributed by atoms with van der Waals surface area (Å²) in [6, 6.07) is 12.6. The van der Waals surface area contributed by atoms with Gasteiger partial charge in [0.25, 0.3) is 0 Å². The summed E-state index contributed by atoms with van der Waals surface area (Å²) in [5, 5.41) is 1.58. The molecule has 120 valence electrons. The average molecular weight is 323 g/mol. The van der Waals surface area contributed by atoms with E-state index < -0.39 is 15.6 Å². The molecule has 0 radical (unpaired) electrons. The second-order valence-electron chi connectivity index (χ2n) is 5.39. The molecular formula is C16H21NO4S. The fourth-order valence-corrected chi connectivity index (χ4v) is 3.63. The number of sulfonamides is 1. The third-order valence-electron chi connectivity index (χ3n) is 3.62. The Morgan fingerprint density at radius 1 is 1.09 bits per heavy atom. The summed E-state index contributed by atoms with van der Waals surface area (Å²) >= 11 is 0. The fraction of sp³-hybridized carbons (Fsp3) is 0.375. The fourth-order valence-electron chi connectivity index (χ4n) is 2.24. The van der Waals surface area contributed by atoms with Gasteiger partial charge in [-0.15, -0.1) is 0 Å². The minimum Gasteiger partial charge on any atom is -0.382 e. The molecule has 1 atom stereocenters. The van der Waals surface area contributed by atoms with Gasteiger partial charge < -0.3 is 9.47 Å². The minimum absolute atomic E-state index is 0.128. The molecule has 0 heterocycles. The van der Waals surface area contributed by atoms with E-state index in [4.69, 9.17) is 9.47 Å². The van der Waals surface area contributed by atoms with Crippen LogP contribution in [0.15, 0.2) is 47.4 Å². The molecule has 22 heavy (non-hydrogen) atoms. The molecule has 2 aromatic carbocycles. The van der Waals surface area contributed by atoms with Gasteiger partial charge in [0.05, 0.1) is 11.5 Å². The van der Waals surface area contributed by atoms with Crippen molar-refractivity contribution in [2.24, 2.45) is 0 Å². The van der Waals surface area contributed by atoms with Crippen molar-refractivity contribution in [3.63, 3.8) is 0 Å². The van der Waals surface area contributed by atoms with E-state index in [-0.39, 0.29) is 11.4 Å². The van der Waals surface area contributed by atoms with Crippen LogP contribution in [0.1, 0.15) is 6.92 Å². The predicted octanol–water partition coefficient (Wildman–Crippen LogP) is 2.17. The van der Waals surface area contributed by atoms with Gasteiger partial charge in [0.1, 0.15) is 5.60 Å². The van der Waals surface area contributed by atoms with Gasteiger partial charge in [-0.2, -0.15) is 0 Å². The maximum atomic E-state index is 12.6. The van der Waals surface area contributed by atoms with Crippen molar-refractivity contribution in [2.45, 2.75) is 17.4 Å². The Morgan fingerprint density at radius 2 is 1.77 bits per heavy atom. The Kier molecular flexibility index (Phi) is 5.18. The third-order valence-corrected chi connectivity index (χ3v) is 5.08. The molecule has 0 saturated heterocycles.